The maximum Gasteiger partial charge on any atom is 0.410 e. The van der Waals surface area contributed by atoms with Gasteiger partial charge in [-0.15, -0.1) is 0 Å². The number of nitrogens with zero attached hydrogens (tertiary/aromatic N) is 2. The van der Waals surface area contributed by atoms with Crippen LogP contribution in [-0.2, 0) is 30.5 Å². The fraction of sp³-hybridized carbons (Fsp3) is 0.688. The standard InChI is InChI=1S/C32H52N2O8/c1-10-21(2)28(34(9)31(40)41-20-24-17-12-11-13-18-24)29(38)33(8)27(22(3)15-14-16-23(4)35)25(36)19-26(37)30(39)42-32(5,6)7/h11-13,17-18,21-23,26-28,35,37H,10,14-16,19-20H2,1-9H3/t21-,22-,23?,26?,27-,28-/m0/s1. The van der Waals surface area contributed by atoms with E-state index >= 15 is 0 Å². The maximum absolute atomic E-state index is 14.0. The van der Waals surface area contributed by atoms with E-state index < -0.39 is 60.1 Å². The Morgan fingerprint density at radius 3 is 2.00 bits per heavy atom. The molecule has 0 saturated heterocycles. The lowest BCUT2D eigenvalue weighted by Crippen LogP contribution is -2.56. The van der Waals surface area contributed by atoms with Gasteiger partial charge < -0.3 is 24.6 Å². The number of ether oxygens (including phenoxy) is 2. The highest BCUT2D eigenvalue weighted by atomic mass is 16.6. The lowest BCUT2D eigenvalue weighted by atomic mass is 9.87. The third kappa shape index (κ3) is 12.1. The number of hydrogen-bond acceptors (Lipinski definition) is 8. The summed E-state index contributed by atoms with van der Waals surface area (Å²) in [6.45, 7) is 12.3. The summed E-state index contributed by atoms with van der Waals surface area (Å²) in [5.41, 5.74) is -0.0341. The van der Waals surface area contributed by atoms with Crippen LogP contribution in [0.15, 0.2) is 30.3 Å². The van der Waals surface area contributed by atoms with Gasteiger partial charge in [-0.25, -0.2) is 9.59 Å². The Labute approximate surface area is 251 Å². The first-order valence-electron chi connectivity index (χ1n) is 14.8. The van der Waals surface area contributed by atoms with Gasteiger partial charge >= 0.3 is 12.1 Å². The first kappa shape index (κ1) is 37.0. The molecule has 0 radical (unpaired) electrons. The van der Waals surface area contributed by atoms with Crippen LogP contribution < -0.4 is 0 Å². The van der Waals surface area contributed by atoms with Crippen molar-refractivity contribution in [3.63, 3.8) is 0 Å². The Hall–Kier alpha value is -2.98. The highest BCUT2D eigenvalue weighted by molar-refractivity contribution is 5.94. The van der Waals surface area contributed by atoms with Crippen LogP contribution >= 0.6 is 0 Å². The van der Waals surface area contributed by atoms with Crippen molar-refractivity contribution in [3.8, 4) is 0 Å². The summed E-state index contributed by atoms with van der Waals surface area (Å²) in [6, 6.07) is 7.31. The van der Waals surface area contributed by atoms with Gasteiger partial charge in [-0.05, 0) is 57.9 Å². The van der Waals surface area contributed by atoms with Gasteiger partial charge in [-0.3, -0.25) is 14.5 Å². The van der Waals surface area contributed by atoms with Gasteiger partial charge in [0.1, 0.15) is 18.2 Å². The number of esters is 1. The summed E-state index contributed by atoms with van der Waals surface area (Å²) < 4.78 is 10.7. The molecule has 42 heavy (non-hydrogen) atoms. The topological polar surface area (TPSA) is 134 Å². The van der Waals surface area contributed by atoms with Crippen LogP contribution in [0.4, 0.5) is 4.79 Å². The van der Waals surface area contributed by atoms with E-state index in [-0.39, 0.29) is 18.4 Å². The molecule has 2 amide bonds. The number of carbonyl (C=O) groups excluding carboxylic acids is 4. The van der Waals surface area contributed by atoms with Crippen molar-refractivity contribution in [3.05, 3.63) is 35.9 Å². The molecule has 238 valence electrons. The van der Waals surface area contributed by atoms with Crippen LogP contribution in [0.25, 0.3) is 0 Å². The molecule has 1 aromatic carbocycles. The van der Waals surface area contributed by atoms with Crippen LogP contribution in [0, 0.1) is 11.8 Å². The molecule has 6 atom stereocenters. The van der Waals surface area contributed by atoms with Crippen LogP contribution in [0.1, 0.15) is 86.1 Å². The fourth-order valence-corrected chi connectivity index (χ4v) is 4.87. The molecule has 0 spiro atoms. The van der Waals surface area contributed by atoms with Gasteiger partial charge in [-0.1, -0.05) is 63.9 Å². The summed E-state index contributed by atoms with van der Waals surface area (Å²) in [6.07, 6.45) is -1.15. The first-order valence-corrected chi connectivity index (χ1v) is 14.8. The summed E-state index contributed by atoms with van der Waals surface area (Å²) in [5, 5.41) is 20.2. The smallest absolute Gasteiger partial charge is 0.410 e. The number of Topliss-reactive ketones (excluding diaryl/α,β-unsaturated/α-hetero) is 1. The lowest BCUT2D eigenvalue weighted by molar-refractivity contribution is -0.166. The lowest BCUT2D eigenvalue weighted by Gasteiger charge is -2.38. The molecule has 0 aliphatic heterocycles. The molecule has 0 aromatic heterocycles. The number of carbonyl (C=O) groups is 4. The maximum atomic E-state index is 14.0. The van der Waals surface area contributed by atoms with Crippen molar-refractivity contribution in [1.82, 2.24) is 9.80 Å². The normalized spacial score (nSPS) is 15.9. The second-order valence-electron chi connectivity index (χ2n) is 12.4. The minimum Gasteiger partial charge on any atom is -0.458 e. The predicted molar refractivity (Wildman–Crippen MR) is 160 cm³/mol. The number of benzene rings is 1. The molecule has 10 heteroatoms. The average Bonchev–Trinajstić information content (AvgIpc) is 2.90. The molecule has 1 aromatic rings. The number of amides is 2. The molecule has 10 nitrogen and oxygen atoms in total. The highest BCUT2D eigenvalue weighted by Gasteiger charge is 2.40. The zero-order valence-corrected chi connectivity index (χ0v) is 26.8. The Morgan fingerprint density at radius 1 is 0.881 bits per heavy atom. The van der Waals surface area contributed by atoms with E-state index in [1.807, 2.05) is 51.1 Å². The van der Waals surface area contributed by atoms with E-state index in [0.717, 1.165) is 5.56 Å². The van der Waals surface area contributed by atoms with Crippen LogP contribution in [0.2, 0.25) is 0 Å². The first-order chi connectivity index (χ1) is 19.5. The Kier molecular flexibility index (Phi) is 15.2. The van der Waals surface area contributed by atoms with Crippen molar-refractivity contribution >= 4 is 23.8 Å². The summed E-state index contributed by atoms with van der Waals surface area (Å²) in [5.74, 6) is -2.47. The van der Waals surface area contributed by atoms with Gasteiger partial charge in [0.25, 0.3) is 0 Å². The molecular formula is C32H52N2O8. The van der Waals surface area contributed by atoms with E-state index in [2.05, 4.69) is 0 Å². The van der Waals surface area contributed by atoms with Crippen LogP contribution in [0.5, 0.6) is 0 Å². The molecule has 0 bridgehead atoms. The Bertz CT molecular complexity index is 1010. The molecule has 0 saturated carbocycles. The molecule has 2 unspecified atom stereocenters. The quantitative estimate of drug-likeness (QED) is 0.271. The number of ketones is 1. The minimum absolute atomic E-state index is 0.0469. The van der Waals surface area contributed by atoms with E-state index in [9.17, 15) is 29.4 Å². The fourth-order valence-electron chi connectivity index (χ4n) is 4.87. The number of aliphatic hydroxyl groups is 2. The van der Waals surface area contributed by atoms with Gasteiger partial charge in [0, 0.05) is 20.5 Å². The van der Waals surface area contributed by atoms with E-state index in [1.165, 1.54) is 23.9 Å². The molecule has 0 aliphatic rings. The van der Waals surface area contributed by atoms with E-state index in [0.29, 0.717) is 25.7 Å². The average molecular weight is 593 g/mol. The van der Waals surface area contributed by atoms with Gasteiger partial charge in [0.05, 0.1) is 12.1 Å². The van der Waals surface area contributed by atoms with Crippen LogP contribution in [0.3, 0.4) is 0 Å². The molecule has 0 aliphatic carbocycles. The third-order valence-corrected chi connectivity index (χ3v) is 7.33. The van der Waals surface area contributed by atoms with E-state index in [1.54, 1.807) is 27.7 Å². The molecule has 0 heterocycles. The Balaban J connectivity index is 3.23. The van der Waals surface area contributed by atoms with E-state index in [4.69, 9.17) is 9.47 Å². The second kappa shape index (κ2) is 17.2. The van der Waals surface area contributed by atoms with Gasteiger partial charge in [0.15, 0.2) is 11.9 Å². The molecular weight excluding hydrogens is 540 g/mol. The van der Waals surface area contributed by atoms with Crippen molar-refractivity contribution in [2.24, 2.45) is 11.8 Å². The zero-order chi connectivity index (χ0) is 32.2. The SMILES string of the molecule is CC[C@H](C)[C@@H](C(=O)N(C)[C@H](C(=O)CC(O)C(=O)OC(C)(C)C)[C@@H](C)CCCC(C)O)N(C)C(=O)OCc1ccccc1. The highest BCUT2D eigenvalue weighted by Crippen LogP contribution is 2.25. The minimum atomic E-state index is -1.69. The second-order valence-corrected chi connectivity index (χ2v) is 12.4. The number of likely N-dealkylation sites (N-methyl/N-ethyl adjacent to an activating group) is 2. The number of aliphatic hydroxyl groups excluding tert-OH is 2. The summed E-state index contributed by atoms with van der Waals surface area (Å²) in [7, 11) is 3.01. The van der Waals surface area contributed by atoms with Crippen molar-refractivity contribution < 1.29 is 38.9 Å². The zero-order valence-electron chi connectivity index (χ0n) is 26.8. The van der Waals surface area contributed by atoms with Crippen LogP contribution in [-0.4, -0.2) is 87.8 Å². The number of hydrogen-bond donors (Lipinski definition) is 2. The molecule has 2 N–H and O–H groups in total. The van der Waals surface area contributed by atoms with Crippen molar-refractivity contribution in [2.45, 2.75) is 117 Å². The monoisotopic (exact) mass is 592 g/mol. The molecule has 1 rings (SSSR count). The molecule has 0 fully saturated rings. The largest absolute Gasteiger partial charge is 0.458 e. The number of rotatable bonds is 16. The van der Waals surface area contributed by atoms with Gasteiger partial charge in [0.2, 0.25) is 5.91 Å². The summed E-state index contributed by atoms with van der Waals surface area (Å²) >= 11 is 0. The summed E-state index contributed by atoms with van der Waals surface area (Å²) in [4.78, 5) is 55.7. The predicted octanol–water partition coefficient (Wildman–Crippen LogP) is 4.35. The third-order valence-electron chi connectivity index (χ3n) is 7.33. The van der Waals surface area contributed by atoms with Crippen molar-refractivity contribution in [1.29, 1.82) is 0 Å². The van der Waals surface area contributed by atoms with Crippen molar-refractivity contribution in [2.75, 3.05) is 14.1 Å². The van der Waals surface area contributed by atoms with Gasteiger partial charge in [-0.2, -0.15) is 0 Å². The Morgan fingerprint density at radius 2 is 1.48 bits per heavy atom.